The molecule has 0 amide bonds. The summed E-state index contributed by atoms with van der Waals surface area (Å²) in [5.74, 6) is -0.779. The molecule has 1 aliphatic heterocycles. The first-order valence-corrected chi connectivity index (χ1v) is 5.95. The average Bonchev–Trinajstić information content (AvgIpc) is 2.69. The van der Waals surface area contributed by atoms with Gasteiger partial charge in [-0.15, -0.1) is 0 Å². The highest BCUT2D eigenvalue weighted by molar-refractivity contribution is 5.23. The van der Waals surface area contributed by atoms with Gasteiger partial charge in [0.05, 0.1) is 6.10 Å². The van der Waals surface area contributed by atoms with Crippen LogP contribution in [0.15, 0.2) is 18.2 Å². The Balaban J connectivity index is 2.22. The van der Waals surface area contributed by atoms with E-state index in [9.17, 15) is 13.9 Å². The summed E-state index contributed by atoms with van der Waals surface area (Å²) in [4.78, 5) is 2.02. The molecule has 1 saturated heterocycles. The summed E-state index contributed by atoms with van der Waals surface area (Å²) in [6.45, 7) is 3.03. The van der Waals surface area contributed by atoms with Gasteiger partial charge in [0.2, 0.25) is 0 Å². The van der Waals surface area contributed by atoms with E-state index in [1.165, 1.54) is 12.1 Å². The van der Waals surface area contributed by atoms with Crippen LogP contribution in [0.25, 0.3) is 0 Å². The Morgan fingerprint density at radius 1 is 1.47 bits per heavy atom. The highest BCUT2D eigenvalue weighted by Gasteiger charge is 2.28. The van der Waals surface area contributed by atoms with Gasteiger partial charge in [-0.1, -0.05) is 0 Å². The Morgan fingerprint density at radius 3 is 2.94 bits per heavy atom. The van der Waals surface area contributed by atoms with Crippen molar-refractivity contribution in [3.8, 4) is 0 Å². The molecule has 1 aliphatic rings. The lowest BCUT2D eigenvalue weighted by atomic mass is 10.0. The number of nitrogens with zero attached hydrogens (tertiary/aromatic N) is 1. The van der Waals surface area contributed by atoms with E-state index in [-0.39, 0.29) is 11.9 Å². The molecule has 1 fully saturated rings. The maximum Gasteiger partial charge on any atom is 0.128 e. The van der Waals surface area contributed by atoms with Gasteiger partial charge in [0, 0.05) is 18.2 Å². The molecule has 0 saturated carbocycles. The summed E-state index contributed by atoms with van der Waals surface area (Å²) >= 11 is 0. The summed E-state index contributed by atoms with van der Waals surface area (Å²) < 4.78 is 26.8. The molecule has 94 valence electrons. The number of aliphatic hydroxyl groups is 1. The van der Waals surface area contributed by atoms with Crippen molar-refractivity contribution in [2.75, 3.05) is 13.1 Å². The van der Waals surface area contributed by atoms with Crippen LogP contribution in [0.3, 0.4) is 0 Å². The third kappa shape index (κ3) is 2.82. The molecule has 2 rings (SSSR count). The summed E-state index contributed by atoms with van der Waals surface area (Å²) in [5.41, 5.74) is 0.406. The van der Waals surface area contributed by atoms with Gasteiger partial charge in [0.25, 0.3) is 0 Å². The largest absolute Gasteiger partial charge is 0.392 e. The van der Waals surface area contributed by atoms with Gasteiger partial charge in [0.1, 0.15) is 11.6 Å². The van der Waals surface area contributed by atoms with Gasteiger partial charge in [-0.2, -0.15) is 0 Å². The van der Waals surface area contributed by atoms with E-state index in [0.717, 1.165) is 25.5 Å². The molecule has 2 atom stereocenters. The molecule has 0 radical (unpaired) electrons. The lowest BCUT2D eigenvalue weighted by Crippen LogP contribution is -2.31. The van der Waals surface area contributed by atoms with Gasteiger partial charge in [-0.05, 0) is 44.5 Å². The molecule has 0 bridgehead atoms. The van der Waals surface area contributed by atoms with Crippen LogP contribution in [-0.2, 0) is 0 Å². The predicted molar refractivity (Wildman–Crippen MR) is 61.6 cm³/mol. The maximum atomic E-state index is 13.7. The Kier molecular flexibility index (Phi) is 3.74. The minimum absolute atomic E-state index is 0.111. The van der Waals surface area contributed by atoms with Crippen molar-refractivity contribution in [3.05, 3.63) is 35.4 Å². The molecule has 2 nitrogen and oxygen atoms in total. The van der Waals surface area contributed by atoms with E-state index in [2.05, 4.69) is 0 Å². The first-order chi connectivity index (χ1) is 8.08. The van der Waals surface area contributed by atoms with Crippen LogP contribution in [0.5, 0.6) is 0 Å². The first kappa shape index (κ1) is 12.5. The minimum atomic E-state index is -0.452. The van der Waals surface area contributed by atoms with Crippen LogP contribution < -0.4 is 0 Å². The van der Waals surface area contributed by atoms with Crippen LogP contribution in [0.4, 0.5) is 8.78 Å². The molecule has 0 spiro atoms. The fourth-order valence-electron chi connectivity index (χ4n) is 2.51. The van der Waals surface area contributed by atoms with Gasteiger partial charge >= 0.3 is 0 Å². The van der Waals surface area contributed by atoms with Gasteiger partial charge in [0.15, 0.2) is 0 Å². The van der Waals surface area contributed by atoms with E-state index in [0.29, 0.717) is 12.1 Å². The molecule has 0 aromatic heterocycles. The number of β-amino-alcohol motifs (C(OH)–C–C–N with tert-alkyl or cyclic N) is 1. The quantitative estimate of drug-likeness (QED) is 0.878. The van der Waals surface area contributed by atoms with Gasteiger partial charge < -0.3 is 5.11 Å². The molecular formula is C13H17F2NO. The standard InChI is InChI=1S/C13H17F2NO/c1-9(17)8-16-6-2-3-13(16)11-7-10(14)4-5-12(11)15/h4-5,7,9,13,17H,2-3,6,8H2,1H3/t9?,13-/m1/s1. The Bertz CT molecular complexity index is 395. The van der Waals surface area contributed by atoms with Crippen molar-refractivity contribution in [1.82, 2.24) is 4.90 Å². The minimum Gasteiger partial charge on any atom is -0.392 e. The lowest BCUT2D eigenvalue weighted by Gasteiger charge is -2.26. The highest BCUT2D eigenvalue weighted by atomic mass is 19.1. The van der Waals surface area contributed by atoms with E-state index >= 15 is 0 Å². The number of benzene rings is 1. The predicted octanol–water partition coefficient (Wildman–Crippen LogP) is 2.48. The molecule has 1 aromatic carbocycles. The third-order valence-electron chi connectivity index (χ3n) is 3.18. The molecular weight excluding hydrogens is 224 g/mol. The molecule has 17 heavy (non-hydrogen) atoms. The van der Waals surface area contributed by atoms with Crippen molar-refractivity contribution in [1.29, 1.82) is 0 Å². The van der Waals surface area contributed by atoms with E-state index in [1.54, 1.807) is 6.92 Å². The lowest BCUT2D eigenvalue weighted by molar-refractivity contribution is 0.118. The second-order valence-electron chi connectivity index (χ2n) is 4.67. The molecule has 1 heterocycles. The zero-order chi connectivity index (χ0) is 12.4. The number of rotatable bonds is 3. The molecule has 1 N–H and O–H groups in total. The fourth-order valence-corrected chi connectivity index (χ4v) is 2.51. The van der Waals surface area contributed by atoms with Crippen molar-refractivity contribution < 1.29 is 13.9 Å². The summed E-state index contributed by atoms with van der Waals surface area (Å²) in [6, 6.07) is 3.46. The monoisotopic (exact) mass is 241 g/mol. The second-order valence-corrected chi connectivity index (χ2v) is 4.67. The van der Waals surface area contributed by atoms with Crippen LogP contribution >= 0.6 is 0 Å². The van der Waals surface area contributed by atoms with Crippen LogP contribution in [0, 0.1) is 11.6 Å². The fraction of sp³-hybridized carbons (Fsp3) is 0.538. The number of aliphatic hydroxyl groups excluding tert-OH is 1. The van der Waals surface area contributed by atoms with E-state index < -0.39 is 11.9 Å². The Hall–Kier alpha value is -1.00. The van der Waals surface area contributed by atoms with Gasteiger partial charge in [-0.3, -0.25) is 4.90 Å². The molecule has 1 unspecified atom stereocenters. The maximum absolute atomic E-state index is 13.7. The highest BCUT2D eigenvalue weighted by Crippen LogP contribution is 2.33. The van der Waals surface area contributed by atoms with Crippen molar-refractivity contribution in [3.63, 3.8) is 0 Å². The smallest absolute Gasteiger partial charge is 0.128 e. The van der Waals surface area contributed by atoms with Crippen molar-refractivity contribution in [2.24, 2.45) is 0 Å². The zero-order valence-corrected chi connectivity index (χ0v) is 9.87. The third-order valence-corrected chi connectivity index (χ3v) is 3.18. The molecule has 1 aromatic rings. The zero-order valence-electron chi connectivity index (χ0n) is 9.87. The topological polar surface area (TPSA) is 23.5 Å². The van der Waals surface area contributed by atoms with Crippen molar-refractivity contribution >= 4 is 0 Å². The SMILES string of the molecule is CC(O)CN1CCC[C@@H]1c1cc(F)ccc1F. The Morgan fingerprint density at radius 2 is 2.24 bits per heavy atom. The first-order valence-electron chi connectivity index (χ1n) is 5.95. The summed E-state index contributed by atoms with van der Waals surface area (Å²) in [7, 11) is 0. The van der Waals surface area contributed by atoms with Crippen LogP contribution in [0.1, 0.15) is 31.4 Å². The summed E-state index contributed by atoms with van der Waals surface area (Å²) in [6.07, 6.45) is 1.31. The van der Waals surface area contributed by atoms with E-state index in [4.69, 9.17) is 0 Å². The van der Waals surface area contributed by atoms with Gasteiger partial charge in [-0.25, -0.2) is 8.78 Å². The summed E-state index contributed by atoms with van der Waals surface area (Å²) in [5, 5.41) is 9.39. The molecule has 4 heteroatoms. The van der Waals surface area contributed by atoms with E-state index in [1.807, 2.05) is 4.90 Å². The number of hydrogen-bond acceptors (Lipinski definition) is 2. The molecule has 0 aliphatic carbocycles. The van der Waals surface area contributed by atoms with Crippen LogP contribution in [-0.4, -0.2) is 29.2 Å². The van der Waals surface area contributed by atoms with Crippen LogP contribution in [0.2, 0.25) is 0 Å². The second kappa shape index (κ2) is 5.10. The number of likely N-dealkylation sites (tertiary alicyclic amines) is 1. The van der Waals surface area contributed by atoms with Crippen molar-refractivity contribution in [2.45, 2.75) is 31.9 Å². The number of hydrogen-bond donors (Lipinski definition) is 1. The normalized spacial score (nSPS) is 22.9. The average molecular weight is 241 g/mol. The number of halogens is 2. The Labute approximate surface area is 99.9 Å².